The molecule has 0 radical (unpaired) electrons. The Bertz CT molecular complexity index is 1380. The smallest absolute Gasteiger partial charge is 0.343 e. The number of nitro groups is 1. The van der Waals surface area contributed by atoms with E-state index in [-0.39, 0.29) is 33.7 Å². The number of ether oxygens (including phenoxy) is 3. The number of methoxy groups -OCH3 is 1. The fourth-order valence-electron chi connectivity index (χ4n) is 2.93. The Balaban J connectivity index is 1.57. The standard InChI is InChI=1S/C23H15NO8/c1-29-18-4-2-3-5-19(18)32-21-13-30-20-12-16(10-11-17(20)22(21)25)31-23(26)14-6-8-15(9-7-14)24(27)28/h2-13H,1H3. The molecule has 0 fully saturated rings. The first-order valence-corrected chi connectivity index (χ1v) is 9.29. The van der Waals surface area contributed by atoms with Gasteiger partial charge in [-0.2, -0.15) is 0 Å². The highest BCUT2D eigenvalue weighted by molar-refractivity contribution is 5.92. The van der Waals surface area contributed by atoms with Crippen LogP contribution in [0.4, 0.5) is 5.69 Å². The first-order chi connectivity index (χ1) is 15.5. The van der Waals surface area contributed by atoms with E-state index >= 15 is 0 Å². The summed E-state index contributed by atoms with van der Waals surface area (Å²) < 4.78 is 21.7. The first-order valence-electron chi connectivity index (χ1n) is 9.29. The molecule has 4 aromatic rings. The van der Waals surface area contributed by atoms with Gasteiger partial charge in [0.05, 0.1) is 23.0 Å². The fraction of sp³-hybridized carbons (Fsp3) is 0.0435. The van der Waals surface area contributed by atoms with E-state index in [1.165, 1.54) is 55.8 Å². The molecule has 0 aliphatic carbocycles. The van der Waals surface area contributed by atoms with Crippen molar-refractivity contribution >= 4 is 22.6 Å². The normalized spacial score (nSPS) is 10.5. The molecule has 0 amide bonds. The summed E-state index contributed by atoms with van der Waals surface area (Å²) in [7, 11) is 1.49. The van der Waals surface area contributed by atoms with Gasteiger partial charge in [0, 0.05) is 18.2 Å². The van der Waals surface area contributed by atoms with Gasteiger partial charge < -0.3 is 18.6 Å². The van der Waals surface area contributed by atoms with E-state index in [4.69, 9.17) is 18.6 Å². The van der Waals surface area contributed by atoms with Crippen molar-refractivity contribution in [1.29, 1.82) is 0 Å². The number of esters is 1. The van der Waals surface area contributed by atoms with Crippen LogP contribution in [0.2, 0.25) is 0 Å². The number of para-hydroxylation sites is 2. The summed E-state index contributed by atoms with van der Waals surface area (Å²) in [6.45, 7) is 0. The third kappa shape index (κ3) is 4.12. The maximum Gasteiger partial charge on any atom is 0.343 e. The van der Waals surface area contributed by atoms with Gasteiger partial charge in [-0.1, -0.05) is 12.1 Å². The van der Waals surface area contributed by atoms with Gasteiger partial charge in [-0.3, -0.25) is 14.9 Å². The van der Waals surface area contributed by atoms with Gasteiger partial charge in [0.1, 0.15) is 17.6 Å². The van der Waals surface area contributed by atoms with Crippen LogP contribution >= 0.6 is 0 Å². The van der Waals surface area contributed by atoms with Crippen molar-refractivity contribution in [3.8, 4) is 23.0 Å². The monoisotopic (exact) mass is 433 g/mol. The van der Waals surface area contributed by atoms with Gasteiger partial charge in [-0.15, -0.1) is 0 Å². The van der Waals surface area contributed by atoms with E-state index in [9.17, 15) is 19.7 Å². The molecule has 32 heavy (non-hydrogen) atoms. The van der Waals surface area contributed by atoms with Crippen molar-refractivity contribution in [2.45, 2.75) is 0 Å². The number of non-ortho nitro benzene ring substituents is 1. The highest BCUT2D eigenvalue weighted by Crippen LogP contribution is 2.30. The minimum atomic E-state index is -0.710. The SMILES string of the molecule is COc1ccccc1Oc1coc2cc(OC(=O)c3ccc([N+](=O)[O-])cc3)ccc2c1=O. The minimum absolute atomic E-state index is 0.0300. The summed E-state index contributed by atoms with van der Waals surface area (Å²) >= 11 is 0. The first kappa shape index (κ1) is 20.6. The molecule has 0 unspecified atom stereocenters. The lowest BCUT2D eigenvalue weighted by molar-refractivity contribution is -0.384. The molecule has 0 atom stereocenters. The zero-order valence-corrected chi connectivity index (χ0v) is 16.6. The Morgan fingerprint density at radius 2 is 1.69 bits per heavy atom. The summed E-state index contributed by atoms with van der Waals surface area (Å²) in [5.41, 5.74) is -0.223. The van der Waals surface area contributed by atoms with Crippen LogP contribution in [0.3, 0.4) is 0 Å². The third-order valence-electron chi connectivity index (χ3n) is 4.53. The number of fused-ring (bicyclic) bond motifs is 1. The van der Waals surface area contributed by atoms with Gasteiger partial charge in [0.2, 0.25) is 11.2 Å². The van der Waals surface area contributed by atoms with Crippen LogP contribution in [-0.4, -0.2) is 18.0 Å². The van der Waals surface area contributed by atoms with E-state index in [0.29, 0.717) is 11.5 Å². The topological polar surface area (TPSA) is 118 Å². The maximum absolute atomic E-state index is 12.8. The van der Waals surface area contributed by atoms with Gasteiger partial charge in [0.25, 0.3) is 5.69 Å². The summed E-state index contributed by atoms with van der Waals surface area (Å²) in [4.78, 5) is 35.2. The molecule has 160 valence electrons. The number of hydrogen-bond acceptors (Lipinski definition) is 8. The molecule has 1 aromatic heterocycles. The summed E-state index contributed by atoms with van der Waals surface area (Å²) in [6, 6.07) is 16.2. The van der Waals surface area contributed by atoms with Gasteiger partial charge in [-0.05, 0) is 36.4 Å². The second kappa shape index (κ2) is 8.60. The second-order valence-corrected chi connectivity index (χ2v) is 6.53. The van der Waals surface area contributed by atoms with Crippen molar-refractivity contribution < 1.29 is 28.3 Å². The molecule has 9 nitrogen and oxygen atoms in total. The number of nitro benzene ring substituents is 1. The Morgan fingerprint density at radius 3 is 2.38 bits per heavy atom. The van der Waals surface area contributed by atoms with E-state index < -0.39 is 16.3 Å². The van der Waals surface area contributed by atoms with E-state index in [1.807, 2.05) is 0 Å². The predicted octanol–water partition coefficient (Wildman–Crippen LogP) is 4.72. The fourth-order valence-corrected chi connectivity index (χ4v) is 2.93. The van der Waals surface area contributed by atoms with Crippen LogP contribution in [0, 0.1) is 10.1 Å². The van der Waals surface area contributed by atoms with Crippen molar-refractivity contribution in [2.75, 3.05) is 7.11 Å². The molecule has 9 heteroatoms. The average Bonchev–Trinajstić information content (AvgIpc) is 2.81. The second-order valence-electron chi connectivity index (χ2n) is 6.53. The van der Waals surface area contributed by atoms with Crippen LogP contribution in [0.15, 0.2) is 82.2 Å². The zero-order valence-electron chi connectivity index (χ0n) is 16.6. The number of carbonyl (C=O) groups excluding carboxylic acids is 1. The Hall–Kier alpha value is -4.66. The Labute approximate surface area is 180 Å². The number of hydrogen-bond donors (Lipinski definition) is 0. The lowest BCUT2D eigenvalue weighted by Crippen LogP contribution is -2.09. The summed E-state index contributed by atoms with van der Waals surface area (Å²) in [6.07, 6.45) is 1.17. The van der Waals surface area contributed by atoms with Crippen LogP contribution in [0.1, 0.15) is 10.4 Å². The number of carbonyl (C=O) groups is 1. The molecule has 0 spiro atoms. The molecule has 0 saturated heterocycles. The molecule has 4 rings (SSSR count). The molecule has 0 saturated carbocycles. The van der Waals surface area contributed by atoms with Crippen LogP contribution in [0.25, 0.3) is 11.0 Å². The van der Waals surface area contributed by atoms with Crippen LogP contribution in [0.5, 0.6) is 23.0 Å². The van der Waals surface area contributed by atoms with E-state index in [1.54, 1.807) is 24.3 Å². The number of benzene rings is 3. The summed E-state index contributed by atoms with van der Waals surface area (Å²) in [5, 5.41) is 11.0. The highest BCUT2D eigenvalue weighted by Gasteiger charge is 2.15. The average molecular weight is 433 g/mol. The quantitative estimate of drug-likeness (QED) is 0.185. The largest absolute Gasteiger partial charge is 0.493 e. The Kier molecular flexibility index (Phi) is 5.54. The van der Waals surface area contributed by atoms with Crippen molar-refractivity contribution in [2.24, 2.45) is 0 Å². The molecule has 0 aliphatic heterocycles. The lowest BCUT2D eigenvalue weighted by atomic mass is 10.2. The number of rotatable bonds is 6. The molecule has 1 heterocycles. The molecule has 0 N–H and O–H groups in total. The molecule has 3 aromatic carbocycles. The molecule has 0 aliphatic rings. The minimum Gasteiger partial charge on any atom is -0.493 e. The third-order valence-corrected chi connectivity index (χ3v) is 4.53. The number of nitrogens with zero attached hydrogens (tertiary/aromatic N) is 1. The van der Waals surface area contributed by atoms with E-state index in [2.05, 4.69) is 0 Å². The van der Waals surface area contributed by atoms with Gasteiger partial charge >= 0.3 is 5.97 Å². The highest BCUT2D eigenvalue weighted by atomic mass is 16.6. The maximum atomic E-state index is 12.8. The summed E-state index contributed by atoms with van der Waals surface area (Å²) in [5.74, 6) is 0.216. The Morgan fingerprint density at radius 1 is 0.969 bits per heavy atom. The van der Waals surface area contributed by atoms with Crippen molar-refractivity contribution in [3.05, 3.63) is 98.9 Å². The molecular weight excluding hydrogens is 418 g/mol. The van der Waals surface area contributed by atoms with Crippen LogP contribution in [-0.2, 0) is 0 Å². The van der Waals surface area contributed by atoms with Crippen molar-refractivity contribution in [3.63, 3.8) is 0 Å². The molecule has 0 bridgehead atoms. The van der Waals surface area contributed by atoms with Gasteiger partial charge in [-0.25, -0.2) is 4.79 Å². The van der Waals surface area contributed by atoms with Gasteiger partial charge in [0.15, 0.2) is 11.5 Å². The van der Waals surface area contributed by atoms with E-state index in [0.717, 1.165) is 0 Å². The molecular formula is C23H15NO8. The van der Waals surface area contributed by atoms with Crippen molar-refractivity contribution in [1.82, 2.24) is 0 Å². The lowest BCUT2D eigenvalue weighted by Gasteiger charge is -2.10. The zero-order chi connectivity index (χ0) is 22.7. The predicted molar refractivity (Wildman–Crippen MR) is 114 cm³/mol. The van der Waals surface area contributed by atoms with Crippen LogP contribution < -0.4 is 19.6 Å².